The zero-order valence-corrected chi connectivity index (χ0v) is 10.5. The van der Waals surface area contributed by atoms with Gasteiger partial charge in [0.25, 0.3) is 0 Å². The van der Waals surface area contributed by atoms with Gasteiger partial charge >= 0.3 is 0 Å². The third-order valence-electron chi connectivity index (χ3n) is 3.47. The van der Waals surface area contributed by atoms with Gasteiger partial charge in [-0.15, -0.1) is 0 Å². The summed E-state index contributed by atoms with van der Waals surface area (Å²) in [5.74, 6) is 0. The van der Waals surface area contributed by atoms with Crippen LogP contribution in [0.25, 0.3) is 0 Å². The summed E-state index contributed by atoms with van der Waals surface area (Å²) in [5, 5.41) is 0.802. The lowest BCUT2D eigenvalue weighted by Crippen LogP contribution is -2.40. The lowest BCUT2D eigenvalue weighted by molar-refractivity contribution is 0.163. The molecule has 0 amide bonds. The molecule has 1 fully saturated rings. The van der Waals surface area contributed by atoms with E-state index in [1.54, 1.807) is 0 Å². The van der Waals surface area contributed by atoms with Crippen LogP contribution in [0.5, 0.6) is 0 Å². The first-order valence-corrected chi connectivity index (χ1v) is 6.29. The molecule has 1 atom stereocenters. The normalized spacial score (nSPS) is 20.9. The van der Waals surface area contributed by atoms with Crippen LogP contribution in [0, 0.1) is 0 Å². The van der Waals surface area contributed by atoms with E-state index < -0.39 is 0 Å². The Hall–Kier alpha value is -0.570. The third kappa shape index (κ3) is 2.76. The molecule has 0 bridgehead atoms. The van der Waals surface area contributed by atoms with Gasteiger partial charge in [0, 0.05) is 30.2 Å². The van der Waals surface area contributed by atoms with Crippen molar-refractivity contribution < 1.29 is 0 Å². The molecule has 0 spiro atoms. The van der Waals surface area contributed by atoms with Gasteiger partial charge in [0.1, 0.15) is 0 Å². The molecule has 16 heavy (non-hydrogen) atoms. The van der Waals surface area contributed by atoms with Crippen LogP contribution in [0.15, 0.2) is 24.3 Å². The average Bonchev–Trinajstić information content (AvgIpc) is 2.30. The van der Waals surface area contributed by atoms with Gasteiger partial charge in [0.15, 0.2) is 0 Å². The maximum atomic E-state index is 5.91. The van der Waals surface area contributed by atoms with E-state index in [1.807, 2.05) is 12.1 Å². The van der Waals surface area contributed by atoms with E-state index in [0.717, 1.165) is 31.0 Å². The molecule has 3 heteroatoms. The number of hydrogen-bond acceptors (Lipinski definition) is 2. The highest BCUT2D eigenvalue weighted by molar-refractivity contribution is 6.30. The molecular weight excluding hydrogens is 220 g/mol. The number of halogens is 1. The third-order valence-corrected chi connectivity index (χ3v) is 3.73. The van der Waals surface area contributed by atoms with E-state index in [-0.39, 0.29) is 0 Å². The Morgan fingerprint density at radius 2 is 1.81 bits per heavy atom. The minimum atomic E-state index is 0.397. The maximum Gasteiger partial charge on any atom is 0.0406 e. The molecule has 0 aliphatic carbocycles. The number of likely N-dealkylation sites (tertiary alicyclic amines) is 1. The SMILES string of the molecule is C[C@H](c1ccc(Cl)cc1)N1CCC(N)CC1. The zero-order chi connectivity index (χ0) is 11.5. The summed E-state index contributed by atoms with van der Waals surface area (Å²) in [6, 6.07) is 9.01. The van der Waals surface area contributed by atoms with Crippen molar-refractivity contribution in [2.45, 2.75) is 31.8 Å². The molecule has 1 saturated heterocycles. The van der Waals surface area contributed by atoms with Gasteiger partial charge in [-0.25, -0.2) is 0 Å². The monoisotopic (exact) mass is 238 g/mol. The van der Waals surface area contributed by atoms with Crippen molar-refractivity contribution in [2.24, 2.45) is 5.73 Å². The number of rotatable bonds is 2. The van der Waals surface area contributed by atoms with Gasteiger partial charge in [-0.1, -0.05) is 23.7 Å². The highest BCUT2D eigenvalue weighted by atomic mass is 35.5. The summed E-state index contributed by atoms with van der Waals surface area (Å²) in [6.45, 7) is 4.45. The number of nitrogens with two attached hydrogens (primary N) is 1. The van der Waals surface area contributed by atoms with E-state index in [1.165, 1.54) is 5.56 Å². The lowest BCUT2D eigenvalue weighted by Gasteiger charge is -2.35. The molecule has 1 heterocycles. The molecule has 2 rings (SSSR count). The van der Waals surface area contributed by atoms with E-state index in [4.69, 9.17) is 17.3 Å². The molecular formula is C13H19ClN2. The minimum Gasteiger partial charge on any atom is -0.328 e. The molecule has 0 unspecified atom stereocenters. The van der Waals surface area contributed by atoms with Crippen molar-refractivity contribution in [1.29, 1.82) is 0 Å². The van der Waals surface area contributed by atoms with Crippen LogP contribution in [-0.2, 0) is 0 Å². The maximum absolute atomic E-state index is 5.91. The Kier molecular flexibility index (Phi) is 3.85. The fourth-order valence-electron chi connectivity index (χ4n) is 2.26. The Morgan fingerprint density at radius 3 is 2.38 bits per heavy atom. The van der Waals surface area contributed by atoms with Crippen LogP contribution in [0.1, 0.15) is 31.4 Å². The van der Waals surface area contributed by atoms with Gasteiger partial charge < -0.3 is 5.73 Å². The Balaban J connectivity index is 2.01. The van der Waals surface area contributed by atoms with Crippen LogP contribution in [0.2, 0.25) is 5.02 Å². The molecule has 0 saturated carbocycles. The minimum absolute atomic E-state index is 0.397. The van der Waals surface area contributed by atoms with E-state index in [9.17, 15) is 0 Å². The lowest BCUT2D eigenvalue weighted by atomic mass is 10.0. The van der Waals surface area contributed by atoms with Crippen molar-refractivity contribution in [1.82, 2.24) is 4.90 Å². The Labute approximate surface area is 102 Å². The van der Waals surface area contributed by atoms with Gasteiger partial charge in [-0.2, -0.15) is 0 Å². The fraction of sp³-hybridized carbons (Fsp3) is 0.538. The summed E-state index contributed by atoms with van der Waals surface area (Å²) in [5.41, 5.74) is 7.24. The van der Waals surface area contributed by atoms with E-state index in [2.05, 4.69) is 24.0 Å². The van der Waals surface area contributed by atoms with Gasteiger partial charge in [0.05, 0.1) is 0 Å². The topological polar surface area (TPSA) is 29.3 Å². The van der Waals surface area contributed by atoms with E-state index in [0.29, 0.717) is 12.1 Å². The smallest absolute Gasteiger partial charge is 0.0406 e. The summed E-state index contributed by atoms with van der Waals surface area (Å²) in [6.07, 6.45) is 2.22. The first-order valence-electron chi connectivity index (χ1n) is 5.92. The second-order valence-corrected chi connectivity index (χ2v) is 5.04. The molecule has 88 valence electrons. The highest BCUT2D eigenvalue weighted by Gasteiger charge is 2.21. The van der Waals surface area contributed by atoms with Crippen molar-refractivity contribution in [3.8, 4) is 0 Å². The summed E-state index contributed by atoms with van der Waals surface area (Å²) in [4.78, 5) is 2.49. The number of benzene rings is 1. The Bertz CT molecular complexity index is 328. The number of hydrogen-bond donors (Lipinski definition) is 1. The molecule has 1 aliphatic heterocycles. The van der Waals surface area contributed by atoms with E-state index >= 15 is 0 Å². The predicted octanol–water partition coefficient (Wildman–Crippen LogP) is 2.82. The van der Waals surface area contributed by atoms with Gasteiger partial charge in [-0.05, 0) is 37.5 Å². The second-order valence-electron chi connectivity index (χ2n) is 4.60. The van der Waals surface area contributed by atoms with Gasteiger partial charge in [-0.3, -0.25) is 4.90 Å². The zero-order valence-electron chi connectivity index (χ0n) is 9.70. The highest BCUT2D eigenvalue weighted by Crippen LogP contribution is 2.24. The second kappa shape index (κ2) is 5.17. The van der Waals surface area contributed by atoms with Crippen molar-refractivity contribution in [3.05, 3.63) is 34.9 Å². The fourth-order valence-corrected chi connectivity index (χ4v) is 2.38. The number of piperidine rings is 1. The van der Waals surface area contributed by atoms with Crippen LogP contribution in [0.4, 0.5) is 0 Å². The molecule has 0 aromatic heterocycles. The summed E-state index contributed by atoms with van der Waals surface area (Å²) >= 11 is 5.89. The van der Waals surface area contributed by atoms with Crippen LogP contribution in [-0.4, -0.2) is 24.0 Å². The molecule has 2 nitrogen and oxygen atoms in total. The standard InChI is InChI=1S/C13H19ClN2/c1-10(11-2-4-12(14)5-3-11)16-8-6-13(15)7-9-16/h2-5,10,13H,6-9,15H2,1H3/t10-/m1/s1. The number of nitrogens with zero attached hydrogens (tertiary/aromatic N) is 1. The Morgan fingerprint density at radius 1 is 1.25 bits per heavy atom. The van der Waals surface area contributed by atoms with Crippen LogP contribution in [0.3, 0.4) is 0 Å². The molecule has 0 radical (unpaired) electrons. The first-order chi connectivity index (χ1) is 7.66. The molecule has 2 N–H and O–H groups in total. The quantitative estimate of drug-likeness (QED) is 0.859. The molecule has 1 aromatic carbocycles. The molecule has 1 aliphatic rings. The van der Waals surface area contributed by atoms with Gasteiger partial charge in [0.2, 0.25) is 0 Å². The first kappa shape index (κ1) is 11.9. The predicted molar refractivity (Wildman–Crippen MR) is 68.6 cm³/mol. The average molecular weight is 239 g/mol. The van der Waals surface area contributed by atoms with Crippen LogP contribution >= 0.6 is 11.6 Å². The van der Waals surface area contributed by atoms with Crippen molar-refractivity contribution in [3.63, 3.8) is 0 Å². The van der Waals surface area contributed by atoms with Crippen molar-refractivity contribution in [2.75, 3.05) is 13.1 Å². The van der Waals surface area contributed by atoms with Crippen LogP contribution < -0.4 is 5.73 Å². The molecule has 1 aromatic rings. The van der Waals surface area contributed by atoms with Crippen molar-refractivity contribution >= 4 is 11.6 Å². The summed E-state index contributed by atoms with van der Waals surface area (Å²) in [7, 11) is 0. The largest absolute Gasteiger partial charge is 0.328 e. The summed E-state index contributed by atoms with van der Waals surface area (Å²) < 4.78 is 0.